The molecule has 1 aromatic carbocycles. The minimum absolute atomic E-state index is 0.607. The van der Waals surface area contributed by atoms with Gasteiger partial charge in [-0.3, -0.25) is 0 Å². The Morgan fingerprint density at radius 2 is 2.17 bits per heavy atom. The van der Waals surface area contributed by atoms with Crippen molar-refractivity contribution in [1.29, 1.82) is 0 Å². The fourth-order valence-electron chi connectivity index (χ4n) is 2.22. The van der Waals surface area contributed by atoms with Crippen molar-refractivity contribution < 1.29 is 4.74 Å². The third kappa shape index (κ3) is 4.48. The molecule has 18 heavy (non-hydrogen) atoms. The first-order valence-electron chi connectivity index (χ1n) is 6.58. The highest BCUT2D eigenvalue weighted by atomic mass is 35.5. The molecule has 100 valence electrons. The Balaban J connectivity index is 1.62. The molecule has 0 saturated carbocycles. The van der Waals surface area contributed by atoms with Crippen LogP contribution in [0.25, 0.3) is 0 Å². The van der Waals surface area contributed by atoms with Crippen molar-refractivity contribution in [2.24, 2.45) is 0 Å². The molecule has 0 radical (unpaired) electrons. The van der Waals surface area contributed by atoms with Crippen LogP contribution in [-0.4, -0.2) is 43.7 Å². The van der Waals surface area contributed by atoms with Gasteiger partial charge in [0.05, 0.1) is 6.61 Å². The van der Waals surface area contributed by atoms with Crippen molar-refractivity contribution in [3.63, 3.8) is 0 Å². The number of hydrogen-bond donors (Lipinski definition) is 1. The van der Waals surface area contributed by atoms with Gasteiger partial charge < -0.3 is 15.0 Å². The largest absolute Gasteiger partial charge is 0.494 e. The van der Waals surface area contributed by atoms with E-state index in [1.54, 1.807) is 0 Å². The fraction of sp³-hybridized carbons (Fsp3) is 0.571. The Labute approximate surface area is 114 Å². The molecule has 1 heterocycles. The van der Waals surface area contributed by atoms with Crippen LogP contribution in [0.3, 0.4) is 0 Å². The molecule has 3 nitrogen and oxygen atoms in total. The van der Waals surface area contributed by atoms with E-state index in [0.29, 0.717) is 6.04 Å². The first-order chi connectivity index (χ1) is 8.74. The van der Waals surface area contributed by atoms with Gasteiger partial charge in [-0.05, 0) is 37.6 Å². The maximum Gasteiger partial charge on any atom is 0.119 e. The summed E-state index contributed by atoms with van der Waals surface area (Å²) in [6.07, 6.45) is 1.06. The summed E-state index contributed by atoms with van der Waals surface area (Å²) < 4.78 is 5.68. The molecule has 0 spiro atoms. The van der Waals surface area contributed by atoms with Crippen LogP contribution in [0.1, 0.15) is 13.3 Å². The second-order valence-electron chi connectivity index (χ2n) is 4.81. The topological polar surface area (TPSA) is 24.5 Å². The van der Waals surface area contributed by atoms with Crippen molar-refractivity contribution in [3.05, 3.63) is 29.3 Å². The van der Waals surface area contributed by atoms with Gasteiger partial charge in [-0.1, -0.05) is 11.6 Å². The molecule has 1 N–H and O–H groups in total. The Bertz CT molecular complexity index is 355. The molecule has 1 aliphatic rings. The first-order valence-corrected chi connectivity index (χ1v) is 6.96. The number of benzene rings is 1. The highest BCUT2D eigenvalue weighted by Crippen LogP contribution is 2.15. The monoisotopic (exact) mass is 268 g/mol. The zero-order valence-electron chi connectivity index (χ0n) is 10.9. The van der Waals surface area contributed by atoms with Gasteiger partial charge in [-0.25, -0.2) is 0 Å². The summed E-state index contributed by atoms with van der Waals surface area (Å²) in [7, 11) is 0. The Morgan fingerprint density at radius 3 is 2.89 bits per heavy atom. The summed E-state index contributed by atoms with van der Waals surface area (Å²) >= 11 is 5.82. The number of ether oxygens (including phenoxy) is 1. The van der Waals surface area contributed by atoms with Crippen LogP contribution in [0.4, 0.5) is 0 Å². The summed E-state index contributed by atoms with van der Waals surface area (Å²) in [5, 5.41) is 4.20. The van der Waals surface area contributed by atoms with E-state index in [1.807, 2.05) is 24.3 Å². The van der Waals surface area contributed by atoms with Crippen LogP contribution in [-0.2, 0) is 0 Å². The van der Waals surface area contributed by atoms with Crippen LogP contribution < -0.4 is 10.1 Å². The summed E-state index contributed by atoms with van der Waals surface area (Å²) in [6, 6.07) is 8.14. The molecule has 1 fully saturated rings. The van der Waals surface area contributed by atoms with E-state index in [1.165, 1.54) is 0 Å². The molecule has 0 aromatic heterocycles. The summed E-state index contributed by atoms with van der Waals surface area (Å²) in [5.74, 6) is 0.896. The Morgan fingerprint density at radius 1 is 1.39 bits per heavy atom. The van der Waals surface area contributed by atoms with Crippen molar-refractivity contribution >= 4 is 11.6 Å². The lowest BCUT2D eigenvalue weighted by Crippen LogP contribution is -2.49. The average Bonchev–Trinajstić information content (AvgIpc) is 2.37. The smallest absolute Gasteiger partial charge is 0.119 e. The van der Waals surface area contributed by atoms with E-state index in [9.17, 15) is 0 Å². The first kappa shape index (κ1) is 13.7. The zero-order valence-corrected chi connectivity index (χ0v) is 11.6. The SMILES string of the molecule is CC1CN(CCCOc2ccc(Cl)cc2)CCN1. The van der Waals surface area contributed by atoms with Crippen LogP contribution in [0.15, 0.2) is 24.3 Å². The minimum Gasteiger partial charge on any atom is -0.494 e. The molecular formula is C14H21ClN2O. The summed E-state index contributed by atoms with van der Waals surface area (Å²) in [4.78, 5) is 2.49. The van der Waals surface area contributed by atoms with Crippen LogP contribution in [0.5, 0.6) is 5.75 Å². The number of hydrogen-bond acceptors (Lipinski definition) is 3. The lowest BCUT2D eigenvalue weighted by molar-refractivity contribution is 0.189. The zero-order chi connectivity index (χ0) is 12.8. The predicted molar refractivity (Wildman–Crippen MR) is 75.5 cm³/mol. The highest BCUT2D eigenvalue weighted by molar-refractivity contribution is 6.30. The van der Waals surface area contributed by atoms with E-state index in [0.717, 1.165) is 50.0 Å². The van der Waals surface area contributed by atoms with E-state index < -0.39 is 0 Å². The Hall–Kier alpha value is -0.770. The average molecular weight is 269 g/mol. The highest BCUT2D eigenvalue weighted by Gasteiger charge is 2.14. The van der Waals surface area contributed by atoms with Gasteiger partial charge in [-0.2, -0.15) is 0 Å². The molecule has 1 unspecified atom stereocenters. The molecular weight excluding hydrogens is 248 g/mol. The maximum atomic E-state index is 5.82. The van der Waals surface area contributed by atoms with Crippen molar-refractivity contribution in [2.45, 2.75) is 19.4 Å². The molecule has 1 aliphatic heterocycles. The van der Waals surface area contributed by atoms with Crippen molar-refractivity contribution in [2.75, 3.05) is 32.8 Å². The molecule has 0 amide bonds. The summed E-state index contributed by atoms with van der Waals surface area (Å²) in [6.45, 7) is 7.49. The third-order valence-corrected chi connectivity index (χ3v) is 3.41. The van der Waals surface area contributed by atoms with Gasteiger partial charge >= 0.3 is 0 Å². The second kappa shape index (κ2) is 6.98. The number of piperazine rings is 1. The molecule has 1 saturated heterocycles. The van der Waals surface area contributed by atoms with Crippen molar-refractivity contribution in [3.8, 4) is 5.75 Å². The third-order valence-electron chi connectivity index (χ3n) is 3.15. The number of halogens is 1. The van der Waals surface area contributed by atoms with Crippen LogP contribution in [0.2, 0.25) is 5.02 Å². The molecule has 0 bridgehead atoms. The normalized spacial score (nSPS) is 20.9. The van der Waals surface area contributed by atoms with E-state index in [-0.39, 0.29) is 0 Å². The van der Waals surface area contributed by atoms with Crippen molar-refractivity contribution in [1.82, 2.24) is 10.2 Å². The number of rotatable bonds is 5. The molecule has 1 aromatic rings. The van der Waals surface area contributed by atoms with Gasteiger partial charge in [0.25, 0.3) is 0 Å². The van der Waals surface area contributed by atoms with E-state index in [2.05, 4.69) is 17.1 Å². The second-order valence-corrected chi connectivity index (χ2v) is 5.25. The lowest BCUT2D eigenvalue weighted by atomic mass is 10.2. The lowest BCUT2D eigenvalue weighted by Gasteiger charge is -2.31. The van der Waals surface area contributed by atoms with Gasteiger partial charge in [-0.15, -0.1) is 0 Å². The molecule has 4 heteroatoms. The van der Waals surface area contributed by atoms with Crippen LogP contribution in [0, 0.1) is 0 Å². The van der Waals surface area contributed by atoms with Gasteiger partial charge in [0, 0.05) is 37.2 Å². The van der Waals surface area contributed by atoms with Gasteiger partial charge in [0.1, 0.15) is 5.75 Å². The minimum atomic E-state index is 0.607. The van der Waals surface area contributed by atoms with Gasteiger partial charge in [0.15, 0.2) is 0 Å². The quantitative estimate of drug-likeness (QED) is 0.830. The van der Waals surface area contributed by atoms with Crippen LogP contribution >= 0.6 is 11.6 Å². The summed E-state index contributed by atoms with van der Waals surface area (Å²) in [5.41, 5.74) is 0. The Kier molecular flexibility index (Phi) is 5.29. The molecule has 1 atom stereocenters. The maximum absolute atomic E-state index is 5.82. The fourth-order valence-corrected chi connectivity index (χ4v) is 2.35. The predicted octanol–water partition coefficient (Wildman–Crippen LogP) is 2.40. The molecule has 0 aliphatic carbocycles. The standard InChI is InChI=1S/C14H21ClN2O/c1-12-11-17(9-7-16-12)8-2-10-18-14-5-3-13(15)4-6-14/h3-6,12,16H,2,7-11H2,1H3. The van der Waals surface area contributed by atoms with Gasteiger partial charge in [0.2, 0.25) is 0 Å². The number of nitrogens with one attached hydrogen (secondary N) is 1. The molecule has 2 rings (SSSR count). The number of nitrogens with zero attached hydrogens (tertiary/aromatic N) is 1. The van der Waals surface area contributed by atoms with E-state index in [4.69, 9.17) is 16.3 Å². The van der Waals surface area contributed by atoms with E-state index >= 15 is 0 Å².